The summed E-state index contributed by atoms with van der Waals surface area (Å²) in [7, 11) is 0. The van der Waals surface area contributed by atoms with E-state index >= 15 is 0 Å². The van der Waals surface area contributed by atoms with Gasteiger partial charge < -0.3 is 4.74 Å². The third kappa shape index (κ3) is 4.53. The molecule has 0 fully saturated rings. The molecule has 0 radical (unpaired) electrons. The first-order valence-electron chi connectivity index (χ1n) is 7.98. The Kier molecular flexibility index (Phi) is 5.61. The average molecular weight is 371 g/mol. The Labute approximate surface area is 157 Å². The van der Waals surface area contributed by atoms with Gasteiger partial charge in [-0.25, -0.2) is 4.98 Å². The summed E-state index contributed by atoms with van der Waals surface area (Å²) < 4.78 is 6.14. The molecule has 1 heterocycles. The Morgan fingerprint density at radius 3 is 2.40 bits per heavy atom. The Morgan fingerprint density at radius 2 is 1.72 bits per heavy atom. The third-order valence-electron chi connectivity index (χ3n) is 3.73. The Bertz CT molecular complexity index is 861. The van der Waals surface area contributed by atoms with Crippen molar-refractivity contribution in [3.8, 4) is 11.6 Å². The summed E-state index contributed by atoms with van der Waals surface area (Å²) in [5, 5.41) is 0.182. The summed E-state index contributed by atoms with van der Waals surface area (Å²) in [4.78, 5) is 9.27. The van der Waals surface area contributed by atoms with E-state index in [1.807, 2.05) is 32.0 Å². The topological polar surface area (TPSA) is 35.0 Å². The van der Waals surface area contributed by atoms with Gasteiger partial charge >= 0.3 is 0 Å². The Balaban J connectivity index is 1.87. The molecule has 0 spiro atoms. The maximum absolute atomic E-state index is 6.14. The minimum absolute atomic E-state index is 0.182. The van der Waals surface area contributed by atoms with E-state index < -0.39 is 0 Å². The van der Waals surface area contributed by atoms with Gasteiger partial charge in [-0.2, -0.15) is 4.98 Å². The molecule has 0 unspecified atom stereocenters. The minimum atomic E-state index is 0.182. The normalized spacial score (nSPS) is 10.7. The summed E-state index contributed by atoms with van der Waals surface area (Å²) in [5.74, 6) is 2.13. The molecule has 5 heteroatoms. The number of hydrogen-bond acceptors (Lipinski definition) is 4. The van der Waals surface area contributed by atoms with Crippen LogP contribution in [0.5, 0.6) is 11.6 Å². The molecule has 3 rings (SSSR count). The first-order valence-corrected chi connectivity index (χ1v) is 9.34. The van der Waals surface area contributed by atoms with Crippen molar-refractivity contribution in [2.24, 2.45) is 0 Å². The standard InChI is InChI=1S/C20H19ClN2OS/c1-13-9-14(2)18(15(3)10-13)24-19-17(11-22-20(21)23-19)25-12-16-7-5-4-6-8-16/h4-11H,12H2,1-3H3. The van der Waals surface area contributed by atoms with Gasteiger partial charge in [0.25, 0.3) is 0 Å². The highest BCUT2D eigenvalue weighted by Gasteiger charge is 2.13. The zero-order valence-electron chi connectivity index (χ0n) is 14.4. The zero-order valence-corrected chi connectivity index (χ0v) is 16.0. The lowest BCUT2D eigenvalue weighted by molar-refractivity contribution is 0.442. The molecule has 0 N–H and O–H groups in total. The van der Waals surface area contributed by atoms with Gasteiger partial charge in [0.15, 0.2) is 0 Å². The molecule has 0 bridgehead atoms. The van der Waals surface area contributed by atoms with Gasteiger partial charge in [0.2, 0.25) is 11.2 Å². The molecular weight excluding hydrogens is 352 g/mol. The number of nitrogens with zero attached hydrogens (tertiary/aromatic N) is 2. The number of hydrogen-bond donors (Lipinski definition) is 0. The van der Waals surface area contributed by atoms with Crippen LogP contribution in [-0.4, -0.2) is 9.97 Å². The largest absolute Gasteiger partial charge is 0.437 e. The quantitative estimate of drug-likeness (QED) is 0.399. The molecule has 0 atom stereocenters. The number of aryl methyl sites for hydroxylation is 3. The van der Waals surface area contributed by atoms with Gasteiger partial charge in [0, 0.05) is 11.9 Å². The monoisotopic (exact) mass is 370 g/mol. The van der Waals surface area contributed by atoms with Crippen molar-refractivity contribution in [3.05, 3.63) is 76.2 Å². The molecule has 0 saturated heterocycles. The van der Waals surface area contributed by atoms with E-state index in [1.165, 1.54) is 11.1 Å². The second-order valence-corrected chi connectivity index (χ2v) is 7.27. The van der Waals surface area contributed by atoms with Crippen molar-refractivity contribution in [3.63, 3.8) is 0 Å². The molecule has 3 aromatic rings. The molecule has 0 aliphatic heterocycles. The van der Waals surface area contributed by atoms with Crippen LogP contribution in [-0.2, 0) is 5.75 Å². The second kappa shape index (κ2) is 7.89. The number of halogens is 1. The predicted octanol–water partition coefficient (Wildman–Crippen LogP) is 6.14. The van der Waals surface area contributed by atoms with Gasteiger partial charge in [-0.3, -0.25) is 0 Å². The van der Waals surface area contributed by atoms with Gasteiger partial charge in [-0.15, -0.1) is 11.8 Å². The summed E-state index contributed by atoms with van der Waals surface area (Å²) in [6.07, 6.45) is 1.72. The van der Waals surface area contributed by atoms with E-state index in [4.69, 9.17) is 16.3 Å². The van der Waals surface area contributed by atoms with Gasteiger partial charge in [-0.05, 0) is 49.1 Å². The Morgan fingerprint density at radius 1 is 1.04 bits per heavy atom. The van der Waals surface area contributed by atoms with E-state index in [1.54, 1.807) is 18.0 Å². The average Bonchev–Trinajstić information content (AvgIpc) is 2.58. The summed E-state index contributed by atoms with van der Waals surface area (Å²) in [6, 6.07) is 14.5. The van der Waals surface area contributed by atoms with Crippen LogP contribution in [0.3, 0.4) is 0 Å². The zero-order chi connectivity index (χ0) is 17.8. The fourth-order valence-electron chi connectivity index (χ4n) is 2.67. The van der Waals surface area contributed by atoms with E-state index in [0.717, 1.165) is 27.5 Å². The molecule has 0 amide bonds. The van der Waals surface area contributed by atoms with E-state index in [9.17, 15) is 0 Å². The smallest absolute Gasteiger partial charge is 0.237 e. The first-order chi connectivity index (χ1) is 12.0. The van der Waals surface area contributed by atoms with E-state index in [0.29, 0.717) is 5.88 Å². The highest BCUT2D eigenvalue weighted by atomic mass is 35.5. The summed E-state index contributed by atoms with van der Waals surface area (Å²) in [5.41, 5.74) is 4.59. The molecule has 128 valence electrons. The van der Waals surface area contributed by atoms with Crippen LogP contribution in [0.25, 0.3) is 0 Å². The van der Waals surface area contributed by atoms with Crippen molar-refractivity contribution in [1.82, 2.24) is 9.97 Å². The van der Waals surface area contributed by atoms with Crippen molar-refractivity contribution < 1.29 is 4.74 Å². The maximum Gasteiger partial charge on any atom is 0.237 e. The fourth-order valence-corrected chi connectivity index (χ4v) is 3.64. The maximum atomic E-state index is 6.14. The fraction of sp³-hybridized carbons (Fsp3) is 0.200. The number of benzene rings is 2. The molecular formula is C20H19ClN2OS. The lowest BCUT2D eigenvalue weighted by Gasteiger charge is -2.14. The van der Waals surface area contributed by atoms with Crippen LogP contribution < -0.4 is 4.74 Å². The van der Waals surface area contributed by atoms with Crippen molar-refractivity contribution >= 4 is 23.4 Å². The van der Waals surface area contributed by atoms with Crippen molar-refractivity contribution in [1.29, 1.82) is 0 Å². The number of thioether (sulfide) groups is 1. The second-order valence-electron chi connectivity index (χ2n) is 5.91. The molecule has 0 saturated carbocycles. The van der Waals surface area contributed by atoms with Crippen LogP contribution in [0.15, 0.2) is 53.6 Å². The molecule has 2 aromatic carbocycles. The molecule has 25 heavy (non-hydrogen) atoms. The SMILES string of the molecule is Cc1cc(C)c(Oc2nc(Cl)ncc2SCc2ccccc2)c(C)c1. The van der Waals surface area contributed by atoms with Crippen LogP contribution in [0, 0.1) is 20.8 Å². The Hall–Kier alpha value is -2.04. The van der Waals surface area contributed by atoms with E-state index in [-0.39, 0.29) is 5.28 Å². The molecule has 3 nitrogen and oxygen atoms in total. The van der Waals surface area contributed by atoms with Gasteiger partial charge in [-0.1, -0.05) is 48.0 Å². The molecule has 0 aliphatic carbocycles. The lowest BCUT2D eigenvalue weighted by atomic mass is 10.1. The highest BCUT2D eigenvalue weighted by Crippen LogP contribution is 2.36. The van der Waals surface area contributed by atoms with Crippen LogP contribution >= 0.6 is 23.4 Å². The highest BCUT2D eigenvalue weighted by molar-refractivity contribution is 7.98. The minimum Gasteiger partial charge on any atom is -0.437 e. The van der Waals surface area contributed by atoms with Crippen LogP contribution in [0.4, 0.5) is 0 Å². The molecule has 0 aliphatic rings. The van der Waals surface area contributed by atoms with Crippen LogP contribution in [0.2, 0.25) is 5.28 Å². The third-order valence-corrected chi connectivity index (χ3v) is 4.98. The van der Waals surface area contributed by atoms with Gasteiger partial charge in [0.1, 0.15) is 5.75 Å². The molecule has 1 aromatic heterocycles. The predicted molar refractivity (Wildman–Crippen MR) is 104 cm³/mol. The van der Waals surface area contributed by atoms with E-state index in [2.05, 4.69) is 41.2 Å². The van der Waals surface area contributed by atoms with Crippen molar-refractivity contribution in [2.45, 2.75) is 31.4 Å². The number of rotatable bonds is 5. The number of aromatic nitrogens is 2. The lowest BCUT2D eigenvalue weighted by Crippen LogP contribution is -1.97. The van der Waals surface area contributed by atoms with Crippen molar-refractivity contribution in [2.75, 3.05) is 0 Å². The summed E-state index contributed by atoms with van der Waals surface area (Å²) >= 11 is 7.63. The summed E-state index contributed by atoms with van der Waals surface area (Å²) in [6.45, 7) is 6.15. The van der Waals surface area contributed by atoms with Crippen LogP contribution in [0.1, 0.15) is 22.3 Å². The number of ether oxygens (including phenoxy) is 1. The first kappa shape index (κ1) is 17.8. The van der Waals surface area contributed by atoms with Gasteiger partial charge in [0.05, 0.1) is 4.90 Å².